The number of halogens is 1. The Hall–Kier alpha value is -2.79. The summed E-state index contributed by atoms with van der Waals surface area (Å²) in [5.74, 6) is 0.521. The van der Waals surface area contributed by atoms with Gasteiger partial charge in [0.2, 0.25) is 0 Å². The van der Waals surface area contributed by atoms with Crippen molar-refractivity contribution < 1.29 is 4.39 Å². The van der Waals surface area contributed by atoms with Gasteiger partial charge in [0.15, 0.2) is 0 Å². The Morgan fingerprint density at radius 3 is 2.60 bits per heavy atom. The Morgan fingerprint density at radius 1 is 1.00 bits per heavy atom. The summed E-state index contributed by atoms with van der Waals surface area (Å²) < 4.78 is 13.3. The third-order valence-corrected chi connectivity index (χ3v) is 5.06. The van der Waals surface area contributed by atoms with Gasteiger partial charge in [0.25, 0.3) is 0 Å². The predicted molar refractivity (Wildman–Crippen MR) is 102 cm³/mol. The molecule has 2 heterocycles. The molecule has 4 aromatic rings. The lowest BCUT2D eigenvalue weighted by Crippen LogP contribution is -1.98. The van der Waals surface area contributed by atoms with Crippen molar-refractivity contribution in [3.05, 3.63) is 71.1 Å². The van der Waals surface area contributed by atoms with E-state index in [9.17, 15) is 4.39 Å². The van der Waals surface area contributed by atoms with E-state index < -0.39 is 0 Å². The molecule has 1 N–H and O–H groups in total. The highest BCUT2D eigenvalue weighted by molar-refractivity contribution is 7.17. The molecule has 25 heavy (non-hydrogen) atoms. The molecular formula is C20H16FN3S. The maximum atomic E-state index is 13.3. The van der Waals surface area contributed by atoms with E-state index in [0.29, 0.717) is 0 Å². The molecule has 0 aliphatic carbocycles. The highest BCUT2D eigenvalue weighted by atomic mass is 32.1. The minimum atomic E-state index is -0.242. The largest absolute Gasteiger partial charge is 0.339 e. The number of hydrogen-bond donors (Lipinski definition) is 1. The maximum absolute atomic E-state index is 13.3. The predicted octanol–water partition coefficient (Wildman–Crippen LogP) is 5.86. The van der Waals surface area contributed by atoms with Crippen molar-refractivity contribution >= 4 is 33.1 Å². The van der Waals surface area contributed by atoms with Gasteiger partial charge in [-0.3, -0.25) is 0 Å². The number of aryl methyl sites for hydroxylation is 2. The fraction of sp³-hybridized carbons (Fsp3) is 0.100. The molecule has 3 nitrogen and oxygen atoms in total. The standard InChI is InChI=1S/C20H16FN3S/c1-12-3-4-13(2)17(9-12)24-19-18-16(10-25-20(18)23-11-22-19)14-5-7-15(21)8-6-14/h3-11H,1-2H3,(H,22,23,24). The number of fused-ring (bicyclic) bond motifs is 1. The topological polar surface area (TPSA) is 37.8 Å². The first-order chi connectivity index (χ1) is 12.1. The molecule has 0 amide bonds. The van der Waals surface area contributed by atoms with Crippen LogP contribution in [-0.4, -0.2) is 9.97 Å². The molecule has 0 spiro atoms. The van der Waals surface area contributed by atoms with Crippen LogP contribution in [-0.2, 0) is 0 Å². The Morgan fingerprint density at radius 2 is 1.80 bits per heavy atom. The van der Waals surface area contributed by atoms with Gasteiger partial charge in [-0.15, -0.1) is 11.3 Å². The van der Waals surface area contributed by atoms with E-state index in [1.54, 1.807) is 29.8 Å². The van der Waals surface area contributed by atoms with E-state index in [0.717, 1.165) is 38.4 Å². The number of aromatic nitrogens is 2. The van der Waals surface area contributed by atoms with Crippen molar-refractivity contribution in [2.24, 2.45) is 0 Å². The van der Waals surface area contributed by atoms with Crippen LogP contribution in [0.5, 0.6) is 0 Å². The first-order valence-electron chi connectivity index (χ1n) is 7.94. The number of nitrogens with zero attached hydrogens (tertiary/aromatic N) is 2. The van der Waals surface area contributed by atoms with Crippen LogP contribution < -0.4 is 5.32 Å². The molecule has 5 heteroatoms. The van der Waals surface area contributed by atoms with Crippen molar-refractivity contribution in [3.63, 3.8) is 0 Å². The third-order valence-electron chi connectivity index (χ3n) is 4.17. The van der Waals surface area contributed by atoms with Gasteiger partial charge < -0.3 is 5.32 Å². The molecule has 0 saturated carbocycles. The Balaban J connectivity index is 1.85. The summed E-state index contributed by atoms with van der Waals surface area (Å²) in [6, 6.07) is 12.8. The van der Waals surface area contributed by atoms with Crippen LogP contribution in [0.4, 0.5) is 15.9 Å². The quantitative estimate of drug-likeness (QED) is 0.503. The summed E-state index contributed by atoms with van der Waals surface area (Å²) in [6.07, 6.45) is 1.57. The average molecular weight is 349 g/mol. The van der Waals surface area contributed by atoms with Gasteiger partial charge in [0, 0.05) is 16.6 Å². The maximum Gasteiger partial charge on any atom is 0.143 e. The first-order valence-corrected chi connectivity index (χ1v) is 8.82. The summed E-state index contributed by atoms with van der Waals surface area (Å²) in [6.45, 7) is 4.13. The zero-order valence-electron chi connectivity index (χ0n) is 13.9. The molecule has 0 saturated heterocycles. The number of benzene rings is 2. The zero-order valence-corrected chi connectivity index (χ0v) is 14.7. The fourth-order valence-electron chi connectivity index (χ4n) is 2.81. The van der Waals surface area contributed by atoms with E-state index >= 15 is 0 Å². The molecule has 124 valence electrons. The van der Waals surface area contributed by atoms with Crippen molar-refractivity contribution in [2.75, 3.05) is 5.32 Å². The number of thiophene rings is 1. The normalized spacial score (nSPS) is 11.0. The van der Waals surface area contributed by atoms with Gasteiger partial charge in [-0.2, -0.15) is 0 Å². The molecule has 2 aromatic heterocycles. The lowest BCUT2D eigenvalue weighted by Gasteiger charge is -2.11. The number of nitrogens with one attached hydrogen (secondary N) is 1. The Bertz CT molecular complexity index is 1050. The van der Waals surface area contributed by atoms with Crippen LogP contribution in [0.3, 0.4) is 0 Å². The number of rotatable bonds is 3. The minimum Gasteiger partial charge on any atom is -0.339 e. The van der Waals surface area contributed by atoms with Gasteiger partial charge in [-0.05, 0) is 48.7 Å². The second kappa shape index (κ2) is 6.26. The van der Waals surface area contributed by atoms with Crippen molar-refractivity contribution in [2.45, 2.75) is 13.8 Å². The Kier molecular flexibility index (Phi) is 3.93. The van der Waals surface area contributed by atoms with E-state index in [4.69, 9.17) is 0 Å². The summed E-state index contributed by atoms with van der Waals surface area (Å²) in [7, 11) is 0. The van der Waals surface area contributed by atoms with Gasteiger partial charge in [-0.25, -0.2) is 14.4 Å². The monoisotopic (exact) mass is 349 g/mol. The lowest BCUT2D eigenvalue weighted by atomic mass is 10.1. The molecule has 0 unspecified atom stereocenters. The van der Waals surface area contributed by atoms with Gasteiger partial charge in [0.1, 0.15) is 22.8 Å². The number of anilines is 2. The van der Waals surface area contributed by atoms with Gasteiger partial charge in [0.05, 0.1) is 5.39 Å². The second-order valence-electron chi connectivity index (χ2n) is 6.00. The Labute approximate surface area is 149 Å². The average Bonchev–Trinajstić information content (AvgIpc) is 3.04. The van der Waals surface area contributed by atoms with E-state index in [2.05, 4.69) is 47.3 Å². The highest BCUT2D eigenvalue weighted by Gasteiger charge is 2.14. The summed E-state index contributed by atoms with van der Waals surface area (Å²) >= 11 is 1.56. The van der Waals surface area contributed by atoms with Crippen molar-refractivity contribution in [3.8, 4) is 11.1 Å². The van der Waals surface area contributed by atoms with Crippen LogP contribution in [0.15, 0.2) is 54.2 Å². The van der Waals surface area contributed by atoms with Crippen LogP contribution in [0, 0.1) is 19.7 Å². The van der Waals surface area contributed by atoms with E-state index in [1.165, 1.54) is 17.7 Å². The summed E-state index contributed by atoms with van der Waals surface area (Å²) in [4.78, 5) is 9.74. The lowest BCUT2D eigenvalue weighted by molar-refractivity contribution is 0.628. The third kappa shape index (κ3) is 2.98. The van der Waals surface area contributed by atoms with Gasteiger partial charge in [-0.1, -0.05) is 24.3 Å². The minimum absolute atomic E-state index is 0.242. The molecule has 0 atom stereocenters. The molecule has 0 fully saturated rings. The van der Waals surface area contributed by atoms with Gasteiger partial charge >= 0.3 is 0 Å². The second-order valence-corrected chi connectivity index (χ2v) is 6.86. The van der Waals surface area contributed by atoms with E-state index in [1.807, 2.05) is 5.38 Å². The molecule has 0 aliphatic rings. The van der Waals surface area contributed by atoms with Crippen molar-refractivity contribution in [1.29, 1.82) is 0 Å². The van der Waals surface area contributed by atoms with E-state index in [-0.39, 0.29) is 5.82 Å². The molecule has 4 rings (SSSR count). The molecule has 0 aliphatic heterocycles. The van der Waals surface area contributed by atoms with Crippen LogP contribution in [0.25, 0.3) is 21.3 Å². The SMILES string of the molecule is Cc1ccc(C)c(Nc2ncnc3scc(-c4ccc(F)cc4)c23)c1. The first kappa shape index (κ1) is 15.7. The van der Waals surface area contributed by atoms with Crippen molar-refractivity contribution in [1.82, 2.24) is 9.97 Å². The summed E-state index contributed by atoms with van der Waals surface area (Å²) in [5.41, 5.74) is 5.31. The summed E-state index contributed by atoms with van der Waals surface area (Å²) in [5, 5.41) is 6.45. The molecular weight excluding hydrogens is 333 g/mol. The molecule has 0 bridgehead atoms. The molecule has 2 aromatic carbocycles. The fourth-order valence-corrected chi connectivity index (χ4v) is 3.73. The smallest absolute Gasteiger partial charge is 0.143 e. The highest BCUT2D eigenvalue weighted by Crippen LogP contribution is 2.37. The zero-order chi connectivity index (χ0) is 17.4. The van der Waals surface area contributed by atoms with Crippen LogP contribution in [0.2, 0.25) is 0 Å². The molecule has 0 radical (unpaired) electrons. The van der Waals surface area contributed by atoms with Crippen LogP contribution >= 0.6 is 11.3 Å². The number of hydrogen-bond acceptors (Lipinski definition) is 4. The van der Waals surface area contributed by atoms with Crippen LogP contribution in [0.1, 0.15) is 11.1 Å².